The zero-order valence-electron chi connectivity index (χ0n) is 8.80. The molecule has 0 amide bonds. The lowest BCUT2D eigenvalue weighted by Crippen LogP contribution is -2.36. The van der Waals surface area contributed by atoms with Crippen LogP contribution in [-0.2, 0) is 5.41 Å². The van der Waals surface area contributed by atoms with Gasteiger partial charge in [0.2, 0.25) is 0 Å². The van der Waals surface area contributed by atoms with E-state index < -0.39 is 17.6 Å². The van der Waals surface area contributed by atoms with Gasteiger partial charge in [0.1, 0.15) is 0 Å². The van der Waals surface area contributed by atoms with Crippen LogP contribution in [-0.4, -0.2) is 17.3 Å². The van der Waals surface area contributed by atoms with Crippen molar-refractivity contribution in [2.75, 3.05) is 0 Å². The number of halogens is 3. The normalized spacial score (nSPS) is 12.6. The van der Waals surface area contributed by atoms with E-state index in [-0.39, 0.29) is 11.1 Å². The number of hydrogen-bond donors (Lipinski definition) is 1. The monoisotopic (exact) mass is 232 g/mol. The van der Waals surface area contributed by atoms with Crippen LogP contribution < -0.4 is 0 Å². The molecule has 16 heavy (non-hydrogen) atoms. The third-order valence-corrected chi connectivity index (χ3v) is 2.56. The number of benzene rings is 1. The van der Waals surface area contributed by atoms with Crippen LogP contribution in [0.1, 0.15) is 29.8 Å². The maximum Gasteiger partial charge on any atom is 0.397 e. The molecule has 2 nitrogen and oxygen atoms in total. The van der Waals surface area contributed by atoms with Gasteiger partial charge in [-0.25, -0.2) is 4.79 Å². The molecular weight excluding hydrogens is 221 g/mol. The summed E-state index contributed by atoms with van der Waals surface area (Å²) in [5, 5.41) is 8.62. The number of carboxylic acid groups (broad SMARTS) is 1. The molecular formula is C11H11F3O2. The molecule has 1 aromatic carbocycles. The van der Waals surface area contributed by atoms with Crippen molar-refractivity contribution < 1.29 is 23.1 Å². The maximum atomic E-state index is 12.7. The molecule has 88 valence electrons. The van der Waals surface area contributed by atoms with Gasteiger partial charge in [-0.1, -0.05) is 12.1 Å². The topological polar surface area (TPSA) is 37.3 Å². The lowest BCUT2D eigenvalue weighted by atomic mass is 9.83. The molecule has 0 saturated carbocycles. The van der Waals surface area contributed by atoms with Gasteiger partial charge < -0.3 is 5.11 Å². The lowest BCUT2D eigenvalue weighted by Gasteiger charge is -2.28. The van der Waals surface area contributed by atoms with Crippen molar-refractivity contribution in [1.29, 1.82) is 0 Å². The van der Waals surface area contributed by atoms with Crippen molar-refractivity contribution in [3.05, 3.63) is 35.4 Å². The standard InChI is InChI=1S/C11H11F3O2/c1-10(2,11(12,13)14)8-5-3-7(4-6-8)9(15)16/h3-6H,1-2H3,(H,15,16). The Morgan fingerprint density at radius 3 is 1.88 bits per heavy atom. The van der Waals surface area contributed by atoms with E-state index in [1.807, 2.05) is 0 Å². The molecule has 1 rings (SSSR count). The second-order valence-electron chi connectivity index (χ2n) is 4.01. The molecule has 0 saturated heterocycles. The van der Waals surface area contributed by atoms with Crippen molar-refractivity contribution in [1.82, 2.24) is 0 Å². The fraction of sp³-hybridized carbons (Fsp3) is 0.364. The first-order valence-electron chi connectivity index (χ1n) is 4.57. The van der Waals surface area contributed by atoms with E-state index in [0.717, 1.165) is 13.8 Å². The van der Waals surface area contributed by atoms with Gasteiger partial charge in [-0.15, -0.1) is 0 Å². The van der Waals surface area contributed by atoms with E-state index in [1.54, 1.807) is 0 Å². The Balaban J connectivity index is 3.11. The summed E-state index contributed by atoms with van der Waals surface area (Å²) in [6.45, 7) is 2.12. The number of hydrogen-bond acceptors (Lipinski definition) is 1. The van der Waals surface area contributed by atoms with E-state index in [9.17, 15) is 18.0 Å². The van der Waals surface area contributed by atoms with Gasteiger partial charge in [0.05, 0.1) is 11.0 Å². The minimum Gasteiger partial charge on any atom is -0.478 e. The van der Waals surface area contributed by atoms with Gasteiger partial charge >= 0.3 is 12.1 Å². The van der Waals surface area contributed by atoms with Crippen LogP contribution in [0.4, 0.5) is 13.2 Å². The average molecular weight is 232 g/mol. The molecule has 5 heteroatoms. The van der Waals surface area contributed by atoms with E-state index in [4.69, 9.17) is 5.11 Å². The molecule has 0 atom stereocenters. The number of carboxylic acids is 1. The Morgan fingerprint density at radius 1 is 1.12 bits per heavy atom. The lowest BCUT2D eigenvalue weighted by molar-refractivity contribution is -0.180. The van der Waals surface area contributed by atoms with Crippen molar-refractivity contribution in [3.8, 4) is 0 Å². The highest BCUT2D eigenvalue weighted by Crippen LogP contribution is 2.40. The molecule has 1 N–H and O–H groups in total. The Bertz CT molecular complexity index is 391. The molecule has 0 aliphatic heterocycles. The molecule has 0 heterocycles. The minimum atomic E-state index is -4.36. The highest BCUT2D eigenvalue weighted by atomic mass is 19.4. The SMILES string of the molecule is CC(C)(c1ccc(C(=O)O)cc1)C(F)(F)F. The minimum absolute atomic E-state index is 0.0262. The quantitative estimate of drug-likeness (QED) is 0.849. The number of alkyl halides is 3. The molecule has 0 bridgehead atoms. The molecule has 0 fully saturated rings. The van der Waals surface area contributed by atoms with Crippen molar-refractivity contribution in [3.63, 3.8) is 0 Å². The molecule has 0 aliphatic rings. The molecule has 1 aromatic rings. The smallest absolute Gasteiger partial charge is 0.397 e. The number of aromatic carboxylic acids is 1. The van der Waals surface area contributed by atoms with E-state index in [0.29, 0.717) is 0 Å². The van der Waals surface area contributed by atoms with E-state index in [1.165, 1.54) is 24.3 Å². The zero-order chi connectivity index (χ0) is 12.6. The molecule has 0 radical (unpaired) electrons. The van der Waals surface area contributed by atoms with E-state index >= 15 is 0 Å². The van der Waals surface area contributed by atoms with Crippen LogP contribution in [0.3, 0.4) is 0 Å². The fourth-order valence-electron chi connectivity index (χ4n) is 1.19. The summed E-state index contributed by atoms with van der Waals surface area (Å²) in [5.74, 6) is -1.16. The summed E-state index contributed by atoms with van der Waals surface area (Å²) in [4.78, 5) is 10.5. The van der Waals surface area contributed by atoms with Crippen LogP contribution in [0.25, 0.3) is 0 Å². The Kier molecular flexibility index (Phi) is 2.99. The van der Waals surface area contributed by atoms with Gasteiger partial charge in [0, 0.05) is 0 Å². The second-order valence-corrected chi connectivity index (χ2v) is 4.01. The molecule has 0 spiro atoms. The first kappa shape index (κ1) is 12.5. The summed E-state index contributed by atoms with van der Waals surface area (Å²) in [6.07, 6.45) is -4.36. The highest BCUT2D eigenvalue weighted by molar-refractivity contribution is 5.87. The van der Waals surface area contributed by atoms with Gasteiger partial charge in [-0.05, 0) is 31.5 Å². The molecule has 0 unspecified atom stereocenters. The summed E-state index contributed by atoms with van der Waals surface area (Å²) >= 11 is 0. The summed E-state index contributed by atoms with van der Waals surface area (Å²) in [5.41, 5.74) is -1.96. The molecule has 0 aliphatic carbocycles. The van der Waals surface area contributed by atoms with Crippen molar-refractivity contribution >= 4 is 5.97 Å². The predicted molar refractivity (Wildman–Crippen MR) is 52.5 cm³/mol. The van der Waals surface area contributed by atoms with Gasteiger partial charge in [0.25, 0.3) is 0 Å². The Morgan fingerprint density at radius 2 is 1.56 bits per heavy atom. The first-order valence-corrected chi connectivity index (χ1v) is 4.57. The van der Waals surface area contributed by atoms with Crippen LogP contribution in [0.15, 0.2) is 24.3 Å². The number of carbonyl (C=O) groups is 1. The van der Waals surface area contributed by atoms with Gasteiger partial charge in [-0.3, -0.25) is 0 Å². The first-order chi connectivity index (χ1) is 7.16. The van der Waals surface area contributed by atoms with Crippen molar-refractivity contribution in [2.24, 2.45) is 0 Å². The Hall–Kier alpha value is -1.52. The largest absolute Gasteiger partial charge is 0.478 e. The van der Waals surface area contributed by atoms with Gasteiger partial charge in [0.15, 0.2) is 0 Å². The molecule has 0 aromatic heterocycles. The average Bonchev–Trinajstić information content (AvgIpc) is 2.16. The third kappa shape index (κ3) is 2.18. The summed E-state index contributed by atoms with van der Waals surface area (Å²) in [7, 11) is 0. The van der Waals surface area contributed by atoms with Crippen LogP contribution in [0, 0.1) is 0 Å². The fourth-order valence-corrected chi connectivity index (χ4v) is 1.19. The van der Waals surface area contributed by atoms with Crippen molar-refractivity contribution in [2.45, 2.75) is 25.4 Å². The van der Waals surface area contributed by atoms with E-state index in [2.05, 4.69) is 0 Å². The second kappa shape index (κ2) is 3.81. The van der Waals surface area contributed by atoms with Crippen LogP contribution in [0.5, 0.6) is 0 Å². The Labute approximate surface area is 90.7 Å². The summed E-state index contributed by atoms with van der Waals surface area (Å²) in [6, 6.07) is 4.73. The van der Waals surface area contributed by atoms with Crippen LogP contribution >= 0.6 is 0 Å². The highest BCUT2D eigenvalue weighted by Gasteiger charge is 2.48. The van der Waals surface area contributed by atoms with Crippen LogP contribution in [0.2, 0.25) is 0 Å². The summed E-state index contributed by atoms with van der Waals surface area (Å²) < 4.78 is 38.0. The zero-order valence-corrected chi connectivity index (χ0v) is 8.80. The van der Waals surface area contributed by atoms with Gasteiger partial charge in [-0.2, -0.15) is 13.2 Å². The predicted octanol–water partition coefficient (Wildman–Crippen LogP) is 3.22. The maximum absolute atomic E-state index is 12.7. The number of rotatable bonds is 2. The third-order valence-electron chi connectivity index (χ3n) is 2.56.